The van der Waals surface area contributed by atoms with Crippen LogP contribution in [0.1, 0.15) is 33.6 Å². The minimum absolute atomic E-state index is 0.270. The van der Waals surface area contributed by atoms with Crippen molar-refractivity contribution in [2.75, 3.05) is 7.11 Å². The molecule has 1 atom stereocenters. The first-order valence-electron chi connectivity index (χ1n) is 9.48. The minimum atomic E-state index is -0.454. The average molecular weight is 402 g/mol. The highest BCUT2D eigenvalue weighted by Gasteiger charge is 2.24. The number of nitrogens with one attached hydrogen (secondary N) is 1. The molecule has 0 radical (unpaired) electrons. The number of aromatic nitrogens is 5. The van der Waals surface area contributed by atoms with Gasteiger partial charge < -0.3 is 14.6 Å². The lowest BCUT2D eigenvalue weighted by molar-refractivity contribution is 0.0935. The van der Waals surface area contributed by atoms with Crippen molar-refractivity contribution < 1.29 is 9.53 Å². The smallest absolute Gasteiger partial charge is 0.274 e. The molecule has 1 N–H and O–H groups in total. The van der Waals surface area contributed by atoms with Crippen LogP contribution < -0.4 is 10.1 Å². The van der Waals surface area contributed by atoms with Crippen LogP contribution in [0.4, 0.5) is 0 Å². The Labute approximate surface area is 174 Å². The van der Waals surface area contributed by atoms with Crippen molar-refractivity contribution in [1.29, 1.82) is 0 Å². The second-order valence-electron chi connectivity index (χ2n) is 6.83. The molecule has 2 heterocycles. The van der Waals surface area contributed by atoms with Crippen LogP contribution in [0.5, 0.6) is 5.75 Å². The first-order valence-corrected chi connectivity index (χ1v) is 9.48. The summed E-state index contributed by atoms with van der Waals surface area (Å²) < 4.78 is 7.12. The number of ether oxygens (including phenoxy) is 1. The number of benzene rings is 2. The molecule has 0 aliphatic rings. The molecule has 0 fully saturated rings. The number of hydrogen-bond acceptors (Lipinski definition) is 5. The van der Waals surface area contributed by atoms with E-state index in [0.717, 1.165) is 17.0 Å². The first-order chi connectivity index (χ1) is 14.6. The second kappa shape index (κ2) is 8.20. The number of rotatable bonds is 6. The maximum absolute atomic E-state index is 13.1. The zero-order valence-electron chi connectivity index (χ0n) is 17.0. The summed E-state index contributed by atoms with van der Waals surface area (Å²) in [7, 11) is 3.51. The minimum Gasteiger partial charge on any atom is -0.497 e. The van der Waals surface area contributed by atoms with E-state index in [1.54, 1.807) is 20.2 Å². The highest BCUT2D eigenvalue weighted by molar-refractivity contribution is 5.93. The molecular weight excluding hydrogens is 380 g/mol. The van der Waals surface area contributed by atoms with E-state index in [0.29, 0.717) is 11.5 Å². The Kier molecular flexibility index (Phi) is 5.30. The fraction of sp³-hybridized carbons (Fsp3) is 0.182. The van der Waals surface area contributed by atoms with Gasteiger partial charge in [-0.25, -0.2) is 4.98 Å². The third-order valence-electron chi connectivity index (χ3n) is 4.83. The van der Waals surface area contributed by atoms with Crippen molar-refractivity contribution in [1.82, 2.24) is 29.9 Å². The van der Waals surface area contributed by atoms with Crippen LogP contribution in [0, 0.1) is 6.92 Å². The third kappa shape index (κ3) is 3.80. The summed E-state index contributed by atoms with van der Waals surface area (Å²) in [6, 6.07) is 16.6. The summed E-state index contributed by atoms with van der Waals surface area (Å²) in [4.78, 5) is 19.0. The highest BCUT2D eigenvalue weighted by atomic mass is 16.5. The molecule has 0 saturated heterocycles. The predicted octanol–water partition coefficient (Wildman–Crippen LogP) is 2.84. The van der Waals surface area contributed by atoms with E-state index in [1.807, 2.05) is 72.4 Å². The Morgan fingerprint density at radius 2 is 1.80 bits per heavy atom. The van der Waals surface area contributed by atoms with Crippen molar-refractivity contribution in [3.05, 3.63) is 89.8 Å². The van der Waals surface area contributed by atoms with Gasteiger partial charge in [0, 0.05) is 19.4 Å². The summed E-state index contributed by atoms with van der Waals surface area (Å²) in [6.45, 7) is 1.77. The van der Waals surface area contributed by atoms with E-state index in [1.165, 1.54) is 4.80 Å². The number of nitrogens with zero attached hydrogens (tertiary/aromatic N) is 5. The van der Waals surface area contributed by atoms with E-state index in [9.17, 15) is 4.79 Å². The Morgan fingerprint density at radius 3 is 2.43 bits per heavy atom. The molecule has 0 aliphatic carbocycles. The number of imidazole rings is 1. The molecule has 8 heteroatoms. The van der Waals surface area contributed by atoms with Crippen molar-refractivity contribution in [3.8, 4) is 11.4 Å². The molecule has 2 aromatic carbocycles. The van der Waals surface area contributed by atoms with Gasteiger partial charge in [-0.2, -0.15) is 9.90 Å². The zero-order valence-corrected chi connectivity index (χ0v) is 17.0. The summed E-state index contributed by atoms with van der Waals surface area (Å²) in [5.41, 5.74) is 2.48. The number of hydrogen-bond donors (Lipinski definition) is 1. The molecule has 2 aromatic heterocycles. The van der Waals surface area contributed by atoms with Crippen molar-refractivity contribution in [3.63, 3.8) is 0 Å². The Balaban J connectivity index is 1.65. The quantitative estimate of drug-likeness (QED) is 0.536. The molecule has 4 rings (SSSR count). The van der Waals surface area contributed by atoms with Gasteiger partial charge in [-0.3, -0.25) is 4.79 Å². The van der Waals surface area contributed by atoms with Crippen molar-refractivity contribution in [2.24, 2.45) is 7.05 Å². The van der Waals surface area contributed by atoms with Crippen LogP contribution in [0.25, 0.3) is 5.69 Å². The fourth-order valence-electron chi connectivity index (χ4n) is 3.21. The Morgan fingerprint density at radius 1 is 1.07 bits per heavy atom. The summed E-state index contributed by atoms with van der Waals surface area (Å²) in [6.07, 6.45) is 3.55. The molecular formula is C22H22N6O2. The first kappa shape index (κ1) is 19.4. The van der Waals surface area contributed by atoms with Gasteiger partial charge in [0.2, 0.25) is 0 Å². The number of amides is 1. The topological polar surface area (TPSA) is 86.9 Å². The lowest BCUT2D eigenvalue weighted by Gasteiger charge is -2.19. The van der Waals surface area contributed by atoms with Gasteiger partial charge in [-0.1, -0.05) is 30.3 Å². The largest absolute Gasteiger partial charge is 0.497 e. The normalized spacial score (nSPS) is 11.8. The van der Waals surface area contributed by atoms with Crippen LogP contribution >= 0.6 is 0 Å². The van der Waals surface area contributed by atoms with Gasteiger partial charge in [0.15, 0.2) is 5.69 Å². The molecule has 0 spiro atoms. The monoisotopic (exact) mass is 402 g/mol. The molecule has 0 unspecified atom stereocenters. The summed E-state index contributed by atoms with van der Waals surface area (Å²) in [5.74, 6) is 1.13. The Hall–Kier alpha value is -3.94. The number of para-hydroxylation sites is 1. The standard InChI is InChI=1S/C22H22N6O2/c1-15-19(26-28(25-15)17-7-5-4-6-8-17)22(29)24-20(21-23-13-14-27(21)2)16-9-11-18(30-3)12-10-16/h4-14,20H,1-3H3,(H,24,29)/t20-/m1/s1. The molecule has 152 valence electrons. The van der Waals surface area contributed by atoms with Gasteiger partial charge >= 0.3 is 0 Å². The van der Waals surface area contributed by atoms with E-state index >= 15 is 0 Å². The number of carbonyl (C=O) groups excluding carboxylic acids is 1. The molecule has 1 amide bonds. The Bertz CT molecular complexity index is 1150. The average Bonchev–Trinajstić information content (AvgIpc) is 3.38. The van der Waals surface area contributed by atoms with E-state index in [4.69, 9.17) is 4.74 Å². The van der Waals surface area contributed by atoms with E-state index in [2.05, 4.69) is 20.5 Å². The molecule has 4 aromatic rings. The fourth-order valence-corrected chi connectivity index (χ4v) is 3.21. The molecule has 30 heavy (non-hydrogen) atoms. The number of aryl methyl sites for hydroxylation is 2. The zero-order chi connectivity index (χ0) is 21.1. The van der Waals surface area contributed by atoms with Crippen LogP contribution in [0.2, 0.25) is 0 Å². The lowest BCUT2D eigenvalue weighted by Crippen LogP contribution is -2.31. The predicted molar refractivity (Wildman–Crippen MR) is 112 cm³/mol. The SMILES string of the molecule is COc1ccc([C@@H](NC(=O)c2nn(-c3ccccc3)nc2C)c2nccn2C)cc1. The molecule has 0 saturated carbocycles. The third-order valence-corrected chi connectivity index (χ3v) is 4.83. The van der Waals surface area contributed by atoms with Crippen molar-refractivity contribution >= 4 is 5.91 Å². The van der Waals surface area contributed by atoms with Gasteiger partial charge in [0.1, 0.15) is 17.6 Å². The summed E-state index contributed by atoms with van der Waals surface area (Å²) in [5, 5.41) is 11.9. The lowest BCUT2D eigenvalue weighted by atomic mass is 10.1. The maximum atomic E-state index is 13.1. The van der Waals surface area contributed by atoms with Crippen LogP contribution in [0.3, 0.4) is 0 Å². The van der Waals surface area contributed by atoms with Crippen molar-refractivity contribution in [2.45, 2.75) is 13.0 Å². The molecule has 0 bridgehead atoms. The van der Waals surface area contributed by atoms with E-state index < -0.39 is 6.04 Å². The number of methoxy groups -OCH3 is 1. The van der Waals surface area contributed by atoms with Gasteiger partial charge in [-0.05, 0) is 36.8 Å². The van der Waals surface area contributed by atoms with Gasteiger partial charge in [-0.15, -0.1) is 5.10 Å². The van der Waals surface area contributed by atoms with E-state index in [-0.39, 0.29) is 11.6 Å². The highest BCUT2D eigenvalue weighted by Crippen LogP contribution is 2.23. The van der Waals surface area contributed by atoms with Gasteiger partial charge in [0.05, 0.1) is 18.5 Å². The van der Waals surface area contributed by atoms with Gasteiger partial charge in [0.25, 0.3) is 5.91 Å². The number of carbonyl (C=O) groups is 1. The van der Waals surface area contributed by atoms with Crippen LogP contribution in [-0.2, 0) is 7.05 Å². The molecule has 0 aliphatic heterocycles. The molecule has 8 nitrogen and oxygen atoms in total. The van der Waals surface area contributed by atoms with Crippen LogP contribution in [0.15, 0.2) is 67.0 Å². The maximum Gasteiger partial charge on any atom is 0.274 e. The summed E-state index contributed by atoms with van der Waals surface area (Å²) >= 11 is 0. The van der Waals surface area contributed by atoms with Crippen LogP contribution in [-0.4, -0.2) is 37.6 Å². The second-order valence-corrected chi connectivity index (χ2v) is 6.83.